The van der Waals surface area contributed by atoms with Crippen molar-refractivity contribution in [3.8, 4) is 5.75 Å². The van der Waals surface area contributed by atoms with Crippen LogP contribution >= 0.6 is 8.93 Å². The summed E-state index contributed by atoms with van der Waals surface area (Å²) in [6, 6.07) is 3.74. The van der Waals surface area contributed by atoms with E-state index in [-0.39, 0.29) is 48.2 Å². The first kappa shape index (κ1) is 23.8. The van der Waals surface area contributed by atoms with E-state index in [9.17, 15) is 17.6 Å². The Morgan fingerprint density at radius 2 is 2.00 bits per heavy atom. The van der Waals surface area contributed by atoms with Crippen LogP contribution in [0.25, 0.3) is 0 Å². The molecule has 1 unspecified atom stereocenters. The molecule has 3 aliphatic rings. The molecule has 0 bridgehead atoms. The minimum atomic E-state index is -3.50. The molecule has 176 valence electrons. The van der Waals surface area contributed by atoms with Crippen molar-refractivity contribution in [3.05, 3.63) is 33.8 Å². The van der Waals surface area contributed by atoms with E-state index in [2.05, 4.69) is 14.0 Å². The summed E-state index contributed by atoms with van der Waals surface area (Å²) >= 11 is -0.0275. The second kappa shape index (κ2) is 9.88. The SMILES string of the molecule is CCS(=O)(=O)c1ccc(OC2CCN(C3CCN(C4=NC(C)=C[I-]S4)CC3)C2=O)c(F)c1. The Kier molecular flexibility index (Phi) is 7.35. The molecular formula is C21H26FIN3O4S2-. The van der Waals surface area contributed by atoms with Gasteiger partial charge in [0.25, 0.3) is 0 Å². The van der Waals surface area contributed by atoms with Crippen LogP contribution in [0, 0.1) is 5.82 Å². The van der Waals surface area contributed by atoms with Gasteiger partial charge in [-0.3, -0.25) is 0 Å². The minimum Gasteiger partial charge on any atom is -0.203 e. The van der Waals surface area contributed by atoms with Gasteiger partial charge in [0.05, 0.1) is 10.6 Å². The molecule has 2 saturated heterocycles. The van der Waals surface area contributed by atoms with Crippen molar-refractivity contribution in [2.75, 3.05) is 25.4 Å². The summed E-state index contributed by atoms with van der Waals surface area (Å²) in [5.41, 5.74) is 1.09. The van der Waals surface area contributed by atoms with Crippen LogP contribution in [0.3, 0.4) is 0 Å². The smallest absolute Gasteiger partial charge is 0.203 e. The van der Waals surface area contributed by atoms with E-state index < -0.39 is 21.8 Å². The summed E-state index contributed by atoms with van der Waals surface area (Å²) in [7, 11) is -1.65. The van der Waals surface area contributed by atoms with Crippen molar-refractivity contribution in [3.63, 3.8) is 0 Å². The minimum absolute atomic E-state index is 0.0275. The van der Waals surface area contributed by atoms with Gasteiger partial charge in [-0.2, -0.15) is 0 Å². The van der Waals surface area contributed by atoms with E-state index >= 15 is 0 Å². The molecule has 0 saturated carbocycles. The number of benzene rings is 1. The number of piperidine rings is 1. The molecule has 0 radical (unpaired) electrons. The number of aliphatic imine (C=N–C) groups is 1. The Morgan fingerprint density at radius 1 is 1.25 bits per heavy atom. The number of nitrogens with zero attached hydrogens (tertiary/aromatic N) is 3. The van der Waals surface area contributed by atoms with Crippen molar-refractivity contribution < 1.29 is 42.2 Å². The summed E-state index contributed by atoms with van der Waals surface area (Å²) in [5, 5.41) is 1.11. The number of likely N-dealkylation sites (tertiary alicyclic amines) is 2. The van der Waals surface area contributed by atoms with Gasteiger partial charge < -0.3 is 0 Å². The van der Waals surface area contributed by atoms with Gasteiger partial charge in [0.2, 0.25) is 0 Å². The molecule has 2 fully saturated rings. The standard InChI is InChI=1S/C21H26FIN3O4S2/c1-3-32(28,29)16-4-5-18(17(22)12-16)30-19-8-11-26(20(19)27)15-6-9-25(10-7-15)21-24-14(2)13-23-31-21/h4-5,12-13,15,19H,3,6-11H2,1-2H3/q-1. The maximum absolute atomic E-state index is 14.5. The molecule has 11 heteroatoms. The monoisotopic (exact) mass is 594 g/mol. The first-order valence-electron chi connectivity index (χ1n) is 10.6. The van der Waals surface area contributed by atoms with Crippen LogP contribution in [0.15, 0.2) is 37.9 Å². The Balaban J connectivity index is 1.35. The predicted molar refractivity (Wildman–Crippen MR) is 118 cm³/mol. The van der Waals surface area contributed by atoms with Gasteiger partial charge in [-0.05, 0) is 12.1 Å². The molecule has 0 N–H and O–H groups in total. The van der Waals surface area contributed by atoms with Gasteiger partial charge in [-0.15, -0.1) is 0 Å². The van der Waals surface area contributed by atoms with Crippen LogP contribution < -0.4 is 24.6 Å². The second-order valence-electron chi connectivity index (χ2n) is 7.95. The number of hydrogen-bond donors (Lipinski definition) is 0. The number of carbonyl (C=O) groups excluding carboxylic acids is 1. The molecule has 1 atom stereocenters. The van der Waals surface area contributed by atoms with E-state index in [0.29, 0.717) is 13.0 Å². The fraction of sp³-hybridized carbons (Fsp3) is 0.524. The van der Waals surface area contributed by atoms with Crippen LogP contribution in [-0.2, 0) is 14.6 Å². The van der Waals surface area contributed by atoms with Crippen molar-refractivity contribution in [2.24, 2.45) is 4.99 Å². The zero-order valence-electron chi connectivity index (χ0n) is 18.0. The number of hydrogen-bond acceptors (Lipinski definition) is 7. The molecule has 3 heterocycles. The third-order valence-corrected chi connectivity index (χ3v) is 11.9. The fourth-order valence-electron chi connectivity index (χ4n) is 4.04. The van der Waals surface area contributed by atoms with Crippen LogP contribution in [0.5, 0.6) is 5.75 Å². The normalized spacial score (nSPS) is 23.0. The Hall–Kier alpha value is -1.34. The van der Waals surface area contributed by atoms with Crippen LogP contribution in [0.4, 0.5) is 4.39 Å². The third-order valence-electron chi connectivity index (χ3n) is 5.87. The van der Waals surface area contributed by atoms with Crippen LogP contribution in [-0.4, -0.2) is 66.8 Å². The summed E-state index contributed by atoms with van der Waals surface area (Å²) in [6.45, 7) is 5.86. The Morgan fingerprint density at radius 3 is 2.66 bits per heavy atom. The average Bonchev–Trinajstić information content (AvgIpc) is 3.15. The molecule has 0 spiro atoms. The summed E-state index contributed by atoms with van der Waals surface area (Å²) in [6.07, 6.45) is 1.49. The quantitative estimate of drug-likeness (QED) is 0.448. The number of sulfone groups is 1. The maximum atomic E-state index is 14.5. The topological polar surface area (TPSA) is 79.3 Å². The van der Waals surface area contributed by atoms with E-state index in [1.54, 1.807) is 0 Å². The molecule has 0 aromatic heterocycles. The number of halogens is 2. The van der Waals surface area contributed by atoms with Crippen molar-refractivity contribution >= 4 is 29.8 Å². The molecule has 0 aliphatic carbocycles. The molecule has 4 rings (SSSR count). The van der Waals surface area contributed by atoms with Crippen molar-refractivity contribution in [1.82, 2.24) is 9.80 Å². The number of amidine groups is 1. The number of allylic oxidation sites excluding steroid dienone is 1. The fourth-order valence-corrected chi connectivity index (χ4v) is 9.09. The van der Waals surface area contributed by atoms with E-state index in [0.717, 1.165) is 42.9 Å². The van der Waals surface area contributed by atoms with Crippen molar-refractivity contribution in [1.29, 1.82) is 0 Å². The average molecular weight is 594 g/mol. The van der Waals surface area contributed by atoms with Gasteiger partial charge in [0.15, 0.2) is 9.84 Å². The number of amides is 1. The Bertz CT molecular complexity index is 1060. The third kappa shape index (κ3) is 5.09. The predicted octanol–water partition coefficient (Wildman–Crippen LogP) is 0.0315. The van der Waals surface area contributed by atoms with Crippen LogP contribution in [0.2, 0.25) is 0 Å². The molecule has 1 aromatic carbocycles. The van der Waals surface area contributed by atoms with Gasteiger partial charge in [-0.25, -0.2) is 12.8 Å². The number of carbonyl (C=O) groups is 1. The van der Waals surface area contributed by atoms with E-state index in [1.165, 1.54) is 19.1 Å². The summed E-state index contributed by atoms with van der Waals surface area (Å²) in [5.74, 6) is -1.08. The van der Waals surface area contributed by atoms with Gasteiger partial charge in [0.1, 0.15) is 0 Å². The molecule has 3 aliphatic heterocycles. The molecule has 1 amide bonds. The molecule has 32 heavy (non-hydrogen) atoms. The van der Waals surface area contributed by atoms with Gasteiger partial charge >= 0.3 is 150 Å². The van der Waals surface area contributed by atoms with Gasteiger partial charge in [0, 0.05) is 0 Å². The molecular weight excluding hydrogens is 568 g/mol. The number of rotatable bonds is 5. The molecule has 1 aromatic rings. The van der Waals surface area contributed by atoms with Gasteiger partial charge in [-0.1, -0.05) is 6.92 Å². The Labute approximate surface area is 201 Å². The second-order valence-corrected chi connectivity index (χ2v) is 14.4. The summed E-state index contributed by atoms with van der Waals surface area (Å²) < 4.78 is 46.2. The number of ether oxygens (including phenoxy) is 1. The first-order chi connectivity index (χ1) is 15.3. The first-order valence-corrected chi connectivity index (χ1v) is 16.8. The van der Waals surface area contributed by atoms with Crippen LogP contribution in [0.1, 0.15) is 33.1 Å². The zero-order valence-corrected chi connectivity index (χ0v) is 21.8. The zero-order chi connectivity index (χ0) is 22.9. The molecule has 7 nitrogen and oxygen atoms in total. The van der Waals surface area contributed by atoms with E-state index in [4.69, 9.17) is 4.74 Å². The summed E-state index contributed by atoms with van der Waals surface area (Å²) in [4.78, 5) is 21.7. The van der Waals surface area contributed by atoms with E-state index in [1.807, 2.05) is 20.8 Å². The van der Waals surface area contributed by atoms with Crippen molar-refractivity contribution in [2.45, 2.75) is 50.2 Å².